The van der Waals surface area contributed by atoms with Gasteiger partial charge in [-0.1, -0.05) is 0 Å². The molecule has 0 heterocycles. The number of amides is 1. The van der Waals surface area contributed by atoms with Gasteiger partial charge < -0.3 is 9.84 Å². The minimum absolute atomic E-state index is 0.479. The summed E-state index contributed by atoms with van der Waals surface area (Å²) >= 11 is 3.26. The Labute approximate surface area is 83.6 Å². The van der Waals surface area contributed by atoms with Gasteiger partial charge in [0.25, 0.3) is 0 Å². The molecule has 0 bridgehead atoms. The Morgan fingerprint density at radius 2 is 2.31 bits per heavy atom. The fourth-order valence-corrected chi connectivity index (χ4v) is 1.27. The molecule has 0 atom stereocenters. The van der Waals surface area contributed by atoms with Gasteiger partial charge in [-0.15, -0.1) is 0 Å². The van der Waals surface area contributed by atoms with Crippen molar-refractivity contribution >= 4 is 27.7 Å². The number of hydrogen-bond acceptors (Lipinski definition) is 2. The zero-order valence-corrected chi connectivity index (χ0v) is 8.46. The van der Waals surface area contributed by atoms with Crippen LogP contribution in [0.4, 0.5) is 10.5 Å². The molecule has 0 aliphatic heterocycles. The normalized spacial score (nSPS) is 9.38. The molecule has 0 aliphatic rings. The van der Waals surface area contributed by atoms with Crippen molar-refractivity contribution in [2.24, 2.45) is 0 Å². The SMILES string of the molecule is COc1cc(NC(=O)O)ccc1Br. The van der Waals surface area contributed by atoms with Crippen molar-refractivity contribution in [3.8, 4) is 5.75 Å². The second-order valence-corrected chi connectivity index (χ2v) is 3.13. The minimum Gasteiger partial charge on any atom is -0.495 e. The summed E-state index contributed by atoms with van der Waals surface area (Å²) in [6.45, 7) is 0. The van der Waals surface area contributed by atoms with Gasteiger partial charge in [0.1, 0.15) is 5.75 Å². The largest absolute Gasteiger partial charge is 0.495 e. The maximum absolute atomic E-state index is 10.3. The Bertz CT molecular complexity index is 327. The van der Waals surface area contributed by atoms with Crippen LogP contribution in [0.1, 0.15) is 0 Å². The summed E-state index contributed by atoms with van der Waals surface area (Å²) in [5.74, 6) is 0.589. The number of hydrogen-bond donors (Lipinski definition) is 2. The van der Waals surface area contributed by atoms with Crippen LogP contribution in [0.25, 0.3) is 0 Å². The summed E-state index contributed by atoms with van der Waals surface area (Å²) in [4.78, 5) is 10.3. The van der Waals surface area contributed by atoms with Crippen molar-refractivity contribution in [2.45, 2.75) is 0 Å². The van der Waals surface area contributed by atoms with Crippen molar-refractivity contribution in [3.05, 3.63) is 22.7 Å². The predicted octanol–water partition coefficient (Wildman–Crippen LogP) is 2.55. The molecule has 1 aromatic rings. The maximum atomic E-state index is 10.3. The lowest BCUT2D eigenvalue weighted by molar-refractivity contribution is 0.210. The Morgan fingerprint density at radius 1 is 1.62 bits per heavy atom. The average molecular weight is 246 g/mol. The van der Waals surface area contributed by atoms with Gasteiger partial charge in [0.15, 0.2) is 0 Å². The highest BCUT2D eigenvalue weighted by molar-refractivity contribution is 9.10. The van der Waals surface area contributed by atoms with Gasteiger partial charge in [0.2, 0.25) is 0 Å². The van der Waals surface area contributed by atoms with Crippen LogP contribution >= 0.6 is 15.9 Å². The van der Waals surface area contributed by atoms with Gasteiger partial charge in [-0.3, -0.25) is 5.32 Å². The van der Waals surface area contributed by atoms with E-state index in [2.05, 4.69) is 21.2 Å². The summed E-state index contributed by atoms with van der Waals surface area (Å²) in [5, 5.41) is 10.7. The number of ether oxygens (including phenoxy) is 1. The summed E-state index contributed by atoms with van der Waals surface area (Å²) < 4.78 is 5.77. The number of carboxylic acid groups (broad SMARTS) is 1. The zero-order chi connectivity index (χ0) is 9.84. The lowest BCUT2D eigenvalue weighted by atomic mass is 10.3. The molecule has 0 fully saturated rings. The molecule has 13 heavy (non-hydrogen) atoms. The molecule has 1 aromatic carbocycles. The average Bonchev–Trinajstić information content (AvgIpc) is 2.07. The number of halogens is 1. The molecule has 0 saturated carbocycles. The van der Waals surface area contributed by atoms with E-state index < -0.39 is 6.09 Å². The molecule has 70 valence electrons. The Morgan fingerprint density at radius 3 is 2.85 bits per heavy atom. The third-order valence-electron chi connectivity index (χ3n) is 1.40. The fourth-order valence-electron chi connectivity index (χ4n) is 0.861. The van der Waals surface area contributed by atoms with E-state index in [9.17, 15) is 4.79 Å². The van der Waals surface area contributed by atoms with Crippen LogP contribution in [0.3, 0.4) is 0 Å². The first-order valence-electron chi connectivity index (χ1n) is 3.47. The van der Waals surface area contributed by atoms with Crippen LogP contribution in [-0.4, -0.2) is 18.3 Å². The van der Waals surface area contributed by atoms with Crippen LogP contribution in [0.2, 0.25) is 0 Å². The number of benzene rings is 1. The Balaban J connectivity index is 2.92. The molecule has 0 spiro atoms. The second kappa shape index (κ2) is 4.13. The summed E-state index contributed by atoms with van der Waals surface area (Å²) in [6.07, 6.45) is -1.09. The molecule has 0 aliphatic carbocycles. The van der Waals surface area contributed by atoms with Gasteiger partial charge in [0, 0.05) is 11.8 Å². The number of rotatable bonds is 2. The fraction of sp³-hybridized carbons (Fsp3) is 0.125. The van der Waals surface area contributed by atoms with E-state index >= 15 is 0 Å². The quantitative estimate of drug-likeness (QED) is 0.842. The van der Waals surface area contributed by atoms with E-state index in [1.807, 2.05) is 0 Å². The van der Waals surface area contributed by atoms with Gasteiger partial charge in [-0.25, -0.2) is 4.79 Å². The summed E-state index contributed by atoms with van der Waals surface area (Å²) in [7, 11) is 1.52. The summed E-state index contributed by atoms with van der Waals surface area (Å²) in [6, 6.07) is 4.95. The van der Waals surface area contributed by atoms with Gasteiger partial charge >= 0.3 is 6.09 Å². The Hall–Kier alpha value is -1.23. The highest BCUT2D eigenvalue weighted by Gasteiger charge is 2.02. The van der Waals surface area contributed by atoms with Crippen molar-refractivity contribution in [2.75, 3.05) is 12.4 Å². The van der Waals surface area contributed by atoms with E-state index in [1.54, 1.807) is 18.2 Å². The highest BCUT2D eigenvalue weighted by atomic mass is 79.9. The highest BCUT2D eigenvalue weighted by Crippen LogP contribution is 2.27. The van der Waals surface area contributed by atoms with E-state index in [0.717, 1.165) is 4.47 Å². The molecule has 2 N–H and O–H groups in total. The Kier molecular flexibility index (Phi) is 3.13. The molecule has 1 amide bonds. The topological polar surface area (TPSA) is 58.6 Å². The maximum Gasteiger partial charge on any atom is 0.409 e. The zero-order valence-electron chi connectivity index (χ0n) is 6.87. The van der Waals surface area contributed by atoms with Crippen molar-refractivity contribution in [3.63, 3.8) is 0 Å². The molecule has 5 heteroatoms. The van der Waals surface area contributed by atoms with Crippen molar-refractivity contribution in [1.82, 2.24) is 0 Å². The number of carbonyl (C=O) groups is 1. The molecule has 4 nitrogen and oxygen atoms in total. The number of anilines is 1. The van der Waals surface area contributed by atoms with E-state index in [4.69, 9.17) is 9.84 Å². The lowest BCUT2D eigenvalue weighted by Gasteiger charge is -2.05. The predicted molar refractivity (Wildman–Crippen MR) is 52.3 cm³/mol. The molecule has 0 radical (unpaired) electrons. The van der Waals surface area contributed by atoms with E-state index in [-0.39, 0.29) is 0 Å². The van der Waals surface area contributed by atoms with Crippen molar-refractivity contribution < 1.29 is 14.6 Å². The first-order chi connectivity index (χ1) is 6.13. The summed E-state index contributed by atoms with van der Waals surface area (Å²) in [5.41, 5.74) is 0.479. The molecule has 0 unspecified atom stereocenters. The standard InChI is InChI=1S/C8H8BrNO3/c1-13-7-4-5(10-8(11)12)2-3-6(7)9/h2-4,10H,1H3,(H,11,12). The van der Waals surface area contributed by atoms with Crippen LogP contribution in [0.15, 0.2) is 22.7 Å². The van der Waals surface area contributed by atoms with E-state index in [1.165, 1.54) is 7.11 Å². The monoisotopic (exact) mass is 245 g/mol. The number of nitrogens with one attached hydrogen (secondary N) is 1. The second-order valence-electron chi connectivity index (χ2n) is 2.28. The molecule has 0 aromatic heterocycles. The van der Waals surface area contributed by atoms with Crippen molar-refractivity contribution in [1.29, 1.82) is 0 Å². The van der Waals surface area contributed by atoms with Gasteiger partial charge in [0.05, 0.1) is 11.6 Å². The van der Waals surface area contributed by atoms with Gasteiger partial charge in [-0.2, -0.15) is 0 Å². The first-order valence-corrected chi connectivity index (χ1v) is 4.26. The molecular weight excluding hydrogens is 238 g/mol. The van der Waals surface area contributed by atoms with Crippen LogP contribution in [-0.2, 0) is 0 Å². The first kappa shape index (κ1) is 9.85. The van der Waals surface area contributed by atoms with Crippen LogP contribution < -0.4 is 10.1 Å². The smallest absolute Gasteiger partial charge is 0.409 e. The van der Waals surface area contributed by atoms with Gasteiger partial charge in [-0.05, 0) is 28.1 Å². The lowest BCUT2D eigenvalue weighted by Crippen LogP contribution is -2.07. The molecular formula is C8H8BrNO3. The van der Waals surface area contributed by atoms with E-state index in [0.29, 0.717) is 11.4 Å². The molecule has 0 saturated heterocycles. The van der Waals surface area contributed by atoms with Crippen LogP contribution in [0, 0.1) is 0 Å². The molecule has 1 rings (SSSR count). The minimum atomic E-state index is -1.09. The third kappa shape index (κ3) is 2.62. The van der Waals surface area contributed by atoms with Crippen LogP contribution in [0.5, 0.6) is 5.75 Å². The third-order valence-corrected chi connectivity index (χ3v) is 2.06. The number of methoxy groups -OCH3 is 1.